The smallest absolute Gasteiger partial charge is 0.119 e. The summed E-state index contributed by atoms with van der Waals surface area (Å²) in [6, 6.07) is 9.69. The Balaban J connectivity index is 1.60. The highest BCUT2D eigenvalue weighted by molar-refractivity contribution is 5.20. The van der Waals surface area contributed by atoms with E-state index in [1.54, 1.807) is 0 Å². The maximum atomic E-state index is 5.63. The van der Waals surface area contributed by atoms with Gasteiger partial charge in [-0.2, -0.15) is 0 Å². The molecule has 0 aliphatic heterocycles. The standard InChI is InChI=1S/C38H70O12/c1-2-3-4-5-6-7-8-12-15-39-16-17-40-18-19-41-20-21-42-22-23-43-24-25-44-26-27-45-28-29-46-30-31-47-32-33-48-34-35-49-36-37-50-38-13-10-9-11-14-38/h9-11,13-14H,2-8,12,15-37H2,1H3. The summed E-state index contributed by atoms with van der Waals surface area (Å²) in [4.78, 5) is 0. The third-order valence-corrected chi connectivity index (χ3v) is 7.10. The highest BCUT2D eigenvalue weighted by atomic mass is 16.6. The zero-order chi connectivity index (χ0) is 35.5. The van der Waals surface area contributed by atoms with Crippen LogP contribution < -0.4 is 4.74 Å². The molecule has 0 aliphatic rings. The first-order valence-corrected chi connectivity index (χ1v) is 19.0. The lowest BCUT2D eigenvalue weighted by Gasteiger charge is -2.09. The highest BCUT2D eigenvalue weighted by Gasteiger charge is 1.98. The second-order valence-corrected chi connectivity index (χ2v) is 11.4. The molecule has 0 unspecified atom stereocenters. The van der Waals surface area contributed by atoms with Gasteiger partial charge in [0, 0.05) is 6.61 Å². The number of ether oxygens (including phenoxy) is 12. The summed E-state index contributed by atoms with van der Waals surface area (Å²) in [5.41, 5.74) is 0. The van der Waals surface area contributed by atoms with Crippen molar-refractivity contribution in [2.75, 3.05) is 152 Å². The number of hydrogen-bond donors (Lipinski definition) is 0. The normalized spacial score (nSPS) is 11.5. The van der Waals surface area contributed by atoms with Crippen LogP contribution in [0, 0.1) is 0 Å². The van der Waals surface area contributed by atoms with E-state index in [0.29, 0.717) is 145 Å². The predicted molar refractivity (Wildman–Crippen MR) is 194 cm³/mol. The molecular formula is C38H70O12. The van der Waals surface area contributed by atoms with E-state index >= 15 is 0 Å². The Kier molecular flexibility index (Phi) is 39.1. The fraction of sp³-hybridized carbons (Fsp3) is 0.842. The van der Waals surface area contributed by atoms with Gasteiger partial charge < -0.3 is 56.8 Å². The van der Waals surface area contributed by atoms with Gasteiger partial charge in [-0.05, 0) is 18.6 Å². The van der Waals surface area contributed by atoms with E-state index in [1.165, 1.54) is 44.9 Å². The number of para-hydroxylation sites is 1. The fourth-order valence-corrected chi connectivity index (χ4v) is 4.37. The largest absolute Gasteiger partial charge is 0.491 e. The molecule has 0 heterocycles. The average molecular weight is 719 g/mol. The van der Waals surface area contributed by atoms with Crippen molar-refractivity contribution in [3.63, 3.8) is 0 Å². The monoisotopic (exact) mass is 718 g/mol. The summed E-state index contributed by atoms with van der Waals surface area (Å²) in [5, 5.41) is 0. The van der Waals surface area contributed by atoms with E-state index in [0.717, 1.165) is 18.8 Å². The van der Waals surface area contributed by atoms with Gasteiger partial charge in [0.15, 0.2) is 0 Å². The van der Waals surface area contributed by atoms with Crippen LogP contribution in [0.5, 0.6) is 5.75 Å². The first-order valence-electron chi connectivity index (χ1n) is 19.0. The van der Waals surface area contributed by atoms with Gasteiger partial charge in [0.2, 0.25) is 0 Å². The van der Waals surface area contributed by atoms with Gasteiger partial charge in [0.05, 0.1) is 139 Å². The van der Waals surface area contributed by atoms with E-state index in [2.05, 4.69) is 6.92 Å². The van der Waals surface area contributed by atoms with Gasteiger partial charge in [0.1, 0.15) is 12.4 Å². The molecule has 0 aromatic heterocycles. The molecule has 0 saturated heterocycles. The van der Waals surface area contributed by atoms with Crippen LogP contribution in [0.15, 0.2) is 30.3 Å². The van der Waals surface area contributed by atoms with Gasteiger partial charge in [-0.3, -0.25) is 0 Å². The lowest BCUT2D eigenvalue weighted by atomic mass is 10.1. The van der Waals surface area contributed by atoms with E-state index in [1.807, 2.05) is 30.3 Å². The molecule has 0 radical (unpaired) electrons. The van der Waals surface area contributed by atoms with Gasteiger partial charge in [-0.1, -0.05) is 70.1 Å². The van der Waals surface area contributed by atoms with Gasteiger partial charge in [-0.25, -0.2) is 0 Å². The Bertz CT molecular complexity index is 746. The molecule has 1 rings (SSSR count). The van der Waals surface area contributed by atoms with Crippen LogP contribution in [0.2, 0.25) is 0 Å². The molecule has 1 aromatic rings. The van der Waals surface area contributed by atoms with Crippen LogP contribution in [0.3, 0.4) is 0 Å². The van der Waals surface area contributed by atoms with Crippen molar-refractivity contribution in [1.82, 2.24) is 0 Å². The molecule has 0 spiro atoms. The molecule has 1 aromatic carbocycles. The Hall–Kier alpha value is -1.42. The molecule has 0 amide bonds. The van der Waals surface area contributed by atoms with E-state index < -0.39 is 0 Å². The van der Waals surface area contributed by atoms with E-state index in [-0.39, 0.29) is 0 Å². The molecular weight excluding hydrogens is 648 g/mol. The van der Waals surface area contributed by atoms with Crippen LogP contribution in [0.1, 0.15) is 58.3 Å². The number of benzene rings is 1. The molecule has 0 saturated carbocycles. The molecule has 0 bridgehead atoms. The van der Waals surface area contributed by atoms with Crippen molar-refractivity contribution < 1.29 is 56.8 Å². The van der Waals surface area contributed by atoms with Crippen molar-refractivity contribution in [1.29, 1.82) is 0 Å². The van der Waals surface area contributed by atoms with Crippen molar-refractivity contribution in [2.45, 2.75) is 58.3 Å². The number of unbranched alkanes of at least 4 members (excludes halogenated alkanes) is 7. The zero-order valence-corrected chi connectivity index (χ0v) is 31.2. The van der Waals surface area contributed by atoms with Crippen LogP contribution in [-0.4, -0.2) is 152 Å². The second-order valence-electron chi connectivity index (χ2n) is 11.4. The Labute approximate surface area is 302 Å². The third kappa shape index (κ3) is 37.8. The lowest BCUT2D eigenvalue weighted by molar-refractivity contribution is -0.0277. The Morgan fingerprint density at radius 1 is 0.280 bits per heavy atom. The molecule has 12 heteroatoms. The summed E-state index contributed by atoms with van der Waals surface area (Å²) in [5.74, 6) is 0.846. The molecule has 0 aliphatic carbocycles. The second kappa shape index (κ2) is 42.0. The first-order chi connectivity index (χ1) is 24.9. The number of hydrogen-bond acceptors (Lipinski definition) is 12. The summed E-state index contributed by atoms with van der Waals surface area (Å²) >= 11 is 0. The minimum Gasteiger partial charge on any atom is -0.491 e. The van der Waals surface area contributed by atoms with E-state index in [4.69, 9.17) is 56.8 Å². The fourth-order valence-electron chi connectivity index (χ4n) is 4.37. The van der Waals surface area contributed by atoms with Crippen molar-refractivity contribution in [3.8, 4) is 5.75 Å². The summed E-state index contributed by atoms with van der Waals surface area (Å²) < 4.78 is 66.2. The quantitative estimate of drug-likeness (QED) is 0.0808. The first kappa shape index (κ1) is 46.6. The summed E-state index contributed by atoms with van der Waals surface area (Å²) in [6.07, 6.45) is 10.5. The molecule has 294 valence electrons. The summed E-state index contributed by atoms with van der Waals surface area (Å²) in [7, 11) is 0. The molecule has 50 heavy (non-hydrogen) atoms. The average Bonchev–Trinajstić information content (AvgIpc) is 3.14. The SMILES string of the molecule is CCCCCCCCCCOCCOCCOCCOCCOCCOCCOCCOCCOCCOCCOCCOc1ccccc1. The van der Waals surface area contributed by atoms with Crippen molar-refractivity contribution in [3.05, 3.63) is 30.3 Å². The minimum atomic E-state index is 0.516. The molecule has 0 fully saturated rings. The topological polar surface area (TPSA) is 111 Å². The van der Waals surface area contributed by atoms with Gasteiger partial charge in [-0.15, -0.1) is 0 Å². The number of rotatable bonds is 43. The van der Waals surface area contributed by atoms with Crippen molar-refractivity contribution in [2.24, 2.45) is 0 Å². The van der Waals surface area contributed by atoms with E-state index in [9.17, 15) is 0 Å². The zero-order valence-electron chi connectivity index (χ0n) is 31.2. The van der Waals surface area contributed by atoms with Crippen LogP contribution >= 0.6 is 0 Å². The van der Waals surface area contributed by atoms with Crippen molar-refractivity contribution >= 4 is 0 Å². The molecule has 12 nitrogen and oxygen atoms in total. The molecule has 0 N–H and O–H groups in total. The van der Waals surface area contributed by atoms with Crippen LogP contribution in [0.25, 0.3) is 0 Å². The summed E-state index contributed by atoms with van der Waals surface area (Å²) in [6.45, 7) is 14.9. The molecule has 0 atom stereocenters. The van der Waals surface area contributed by atoms with Gasteiger partial charge in [0.25, 0.3) is 0 Å². The van der Waals surface area contributed by atoms with Crippen LogP contribution in [0.4, 0.5) is 0 Å². The van der Waals surface area contributed by atoms with Crippen LogP contribution in [-0.2, 0) is 52.1 Å². The minimum absolute atomic E-state index is 0.516. The third-order valence-electron chi connectivity index (χ3n) is 7.10. The maximum absolute atomic E-state index is 5.63. The Morgan fingerprint density at radius 2 is 0.540 bits per heavy atom. The predicted octanol–water partition coefficient (Wildman–Crippen LogP) is 5.39. The van der Waals surface area contributed by atoms with Gasteiger partial charge >= 0.3 is 0 Å². The maximum Gasteiger partial charge on any atom is 0.119 e. The highest BCUT2D eigenvalue weighted by Crippen LogP contribution is 2.09. The Morgan fingerprint density at radius 3 is 0.860 bits per heavy atom. The lowest BCUT2D eigenvalue weighted by Crippen LogP contribution is -2.15.